The maximum atomic E-state index is 5.03. The molecular formula is C16H28N2O. The molecule has 0 heterocycles. The average Bonchev–Trinajstić information content (AvgIpc) is 2.37. The van der Waals surface area contributed by atoms with Crippen molar-refractivity contribution in [3.63, 3.8) is 0 Å². The molecule has 0 aliphatic carbocycles. The van der Waals surface area contributed by atoms with Crippen LogP contribution in [0.3, 0.4) is 0 Å². The van der Waals surface area contributed by atoms with Crippen LogP contribution in [0.15, 0.2) is 18.2 Å². The van der Waals surface area contributed by atoms with Crippen LogP contribution < -0.4 is 10.2 Å². The Kier molecular flexibility index (Phi) is 6.89. The third kappa shape index (κ3) is 4.84. The Labute approximate surface area is 118 Å². The van der Waals surface area contributed by atoms with Gasteiger partial charge >= 0.3 is 0 Å². The number of aryl methyl sites for hydroxylation is 1. The quantitative estimate of drug-likeness (QED) is 0.731. The van der Waals surface area contributed by atoms with Gasteiger partial charge in [0, 0.05) is 38.5 Å². The Balaban J connectivity index is 2.68. The molecule has 0 aliphatic heterocycles. The predicted molar refractivity (Wildman–Crippen MR) is 82.9 cm³/mol. The lowest BCUT2D eigenvalue weighted by molar-refractivity contribution is 0.199. The molecule has 3 heteroatoms. The second-order valence-electron chi connectivity index (χ2n) is 5.17. The molecule has 1 aromatic rings. The topological polar surface area (TPSA) is 24.5 Å². The molecule has 0 unspecified atom stereocenters. The van der Waals surface area contributed by atoms with Gasteiger partial charge in [-0.05, 0) is 44.9 Å². The summed E-state index contributed by atoms with van der Waals surface area (Å²) >= 11 is 0. The number of ether oxygens (including phenoxy) is 1. The Morgan fingerprint density at radius 1 is 1.32 bits per heavy atom. The van der Waals surface area contributed by atoms with Gasteiger partial charge in [-0.3, -0.25) is 0 Å². The highest BCUT2D eigenvalue weighted by Gasteiger charge is 2.10. The summed E-state index contributed by atoms with van der Waals surface area (Å²) in [5, 5.41) is 3.38. The van der Waals surface area contributed by atoms with Gasteiger partial charge in [0.05, 0.1) is 6.61 Å². The fourth-order valence-electron chi connectivity index (χ4n) is 2.37. The van der Waals surface area contributed by atoms with E-state index in [4.69, 9.17) is 4.74 Å². The Bertz CT molecular complexity index is 377. The molecule has 0 radical (unpaired) electrons. The van der Waals surface area contributed by atoms with E-state index in [2.05, 4.69) is 56.1 Å². The zero-order chi connectivity index (χ0) is 14.3. The number of benzene rings is 1. The molecule has 0 aromatic heterocycles. The Morgan fingerprint density at radius 2 is 2.05 bits per heavy atom. The number of hydrogen-bond acceptors (Lipinski definition) is 3. The first-order valence-corrected chi connectivity index (χ1v) is 7.16. The van der Waals surface area contributed by atoms with Gasteiger partial charge in [0.2, 0.25) is 0 Å². The van der Waals surface area contributed by atoms with Gasteiger partial charge in [-0.1, -0.05) is 12.1 Å². The maximum absolute atomic E-state index is 5.03. The maximum Gasteiger partial charge on any atom is 0.0587 e. The van der Waals surface area contributed by atoms with Crippen LogP contribution in [-0.4, -0.2) is 32.8 Å². The van der Waals surface area contributed by atoms with Gasteiger partial charge in [0.1, 0.15) is 0 Å². The van der Waals surface area contributed by atoms with E-state index in [1.54, 1.807) is 7.11 Å². The van der Waals surface area contributed by atoms with Crippen molar-refractivity contribution in [3.05, 3.63) is 29.3 Å². The lowest BCUT2D eigenvalue weighted by Gasteiger charge is -2.29. The molecule has 0 saturated heterocycles. The summed E-state index contributed by atoms with van der Waals surface area (Å²) in [6.45, 7) is 12.5. The number of nitrogens with zero attached hydrogens (tertiary/aromatic N) is 1. The Hall–Kier alpha value is -1.06. The van der Waals surface area contributed by atoms with Crippen LogP contribution >= 0.6 is 0 Å². The van der Waals surface area contributed by atoms with E-state index in [-0.39, 0.29) is 0 Å². The fourth-order valence-corrected chi connectivity index (χ4v) is 2.37. The van der Waals surface area contributed by atoms with Crippen molar-refractivity contribution < 1.29 is 4.74 Å². The van der Waals surface area contributed by atoms with Crippen LogP contribution in [0, 0.1) is 6.92 Å². The molecule has 0 amide bonds. The molecule has 0 atom stereocenters. The zero-order valence-corrected chi connectivity index (χ0v) is 13.0. The highest BCUT2D eigenvalue weighted by molar-refractivity contribution is 5.55. The van der Waals surface area contributed by atoms with Crippen molar-refractivity contribution in [2.75, 3.05) is 31.7 Å². The first-order chi connectivity index (χ1) is 9.10. The number of nitrogens with one attached hydrogen (secondary N) is 1. The third-order valence-corrected chi connectivity index (χ3v) is 3.35. The van der Waals surface area contributed by atoms with E-state index in [0.717, 1.165) is 26.2 Å². The van der Waals surface area contributed by atoms with Crippen molar-refractivity contribution in [1.29, 1.82) is 0 Å². The monoisotopic (exact) mass is 264 g/mol. The fraction of sp³-hybridized carbons (Fsp3) is 0.625. The smallest absolute Gasteiger partial charge is 0.0587 e. The molecule has 0 spiro atoms. The summed E-state index contributed by atoms with van der Waals surface area (Å²) in [7, 11) is 1.73. The second-order valence-corrected chi connectivity index (χ2v) is 5.17. The minimum atomic E-state index is 0.536. The van der Waals surface area contributed by atoms with Gasteiger partial charge in [0.25, 0.3) is 0 Å². The van der Waals surface area contributed by atoms with Gasteiger partial charge < -0.3 is 15.0 Å². The number of methoxy groups -OCH3 is 1. The summed E-state index contributed by atoms with van der Waals surface area (Å²) < 4.78 is 5.03. The third-order valence-electron chi connectivity index (χ3n) is 3.35. The SMILES string of the molecule is CCN(c1ccc(CNCCOC)cc1C)C(C)C. The molecule has 3 nitrogen and oxygen atoms in total. The van der Waals surface area contributed by atoms with E-state index in [1.165, 1.54) is 16.8 Å². The van der Waals surface area contributed by atoms with E-state index in [0.29, 0.717) is 6.04 Å². The minimum Gasteiger partial charge on any atom is -0.383 e. The zero-order valence-electron chi connectivity index (χ0n) is 13.0. The van der Waals surface area contributed by atoms with Gasteiger partial charge in [-0.15, -0.1) is 0 Å². The highest BCUT2D eigenvalue weighted by atomic mass is 16.5. The molecular weight excluding hydrogens is 236 g/mol. The van der Waals surface area contributed by atoms with Crippen molar-refractivity contribution in [1.82, 2.24) is 5.32 Å². The molecule has 0 aliphatic rings. The van der Waals surface area contributed by atoms with Gasteiger partial charge in [-0.25, -0.2) is 0 Å². The molecule has 1 rings (SSSR count). The summed E-state index contributed by atoms with van der Waals surface area (Å²) in [5.41, 5.74) is 4.02. The van der Waals surface area contributed by atoms with Crippen LogP contribution in [0.2, 0.25) is 0 Å². The summed E-state index contributed by atoms with van der Waals surface area (Å²) in [4.78, 5) is 2.43. The average molecular weight is 264 g/mol. The lowest BCUT2D eigenvalue weighted by Crippen LogP contribution is -2.31. The molecule has 1 N–H and O–H groups in total. The van der Waals surface area contributed by atoms with E-state index < -0.39 is 0 Å². The van der Waals surface area contributed by atoms with Crippen LogP contribution in [0.4, 0.5) is 5.69 Å². The molecule has 108 valence electrons. The van der Waals surface area contributed by atoms with E-state index in [1.807, 2.05) is 0 Å². The minimum absolute atomic E-state index is 0.536. The van der Waals surface area contributed by atoms with Gasteiger partial charge in [0.15, 0.2) is 0 Å². The highest BCUT2D eigenvalue weighted by Crippen LogP contribution is 2.23. The van der Waals surface area contributed by atoms with Crippen LogP contribution in [0.5, 0.6) is 0 Å². The van der Waals surface area contributed by atoms with Crippen LogP contribution in [0.1, 0.15) is 31.9 Å². The normalized spacial score (nSPS) is 11.1. The first kappa shape index (κ1) is 16.0. The van der Waals surface area contributed by atoms with Crippen molar-refractivity contribution >= 4 is 5.69 Å². The number of rotatable bonds is 8. The summed E-state index contributed by atoms with van der Waals surface area (Å²) in [6.07, 6.45) is 0. The van der Waals surface area contributed by atoms with E-state index in [9.17, 15) is 0 Å². The van der Waals surface area contributed by atoms with Crippen molar-refractivity contribution in [3.8, 4) is 0 Å². The molecule has 0 saturated carbocycles. The standard InChI is InChI=1S/C16H28N2O/c1-6-18(13(2)3)16-8-7-15(11-14(16)4)12-17-9-10-19-5/h7-8,11,13,17H,6,9-10,12H2,1-5H3. The van der Waals surface area contributed by atoms with Crippen LogP contribution in [0.25, 0.3) is 0 Å². The Morgan fingerprint density at radius 3 is 2.58 bits per heavy atom. The number of hydrogen-bond donors (Lipinski definition) is 1. The predicted octanol–water partition coefficient (Wildman–Crippen LogP) is 2.97. The summed E-state index contributed by atoms with van der Waals surface area (Å²) in [6, 6.07) is 7.27. The number of anilines is 1. The summed E-state index contributed by atoms with van der Waals surface area (Å²) in [5.74, 6) is 0. The first-order valence-electron chi connectivity index (χ1n) is 7.16. The largest absolute Gasteiger partial charge is 0.383 e. The van der Waals surface area contributed by atoms with E-state index >= 15 is 0 Å². The van der Waals surface area contributed by atoms with Crippen molar-refractivity contribution in [2.24, 2.45) is 0 Å². The molecule has 0 bridgehead atoms. The molecule has 19 heavy (non-hydrogen) atoms. The molecule has 1 aromatic carbocycles. The second kappa shape index (κ2) is 8.18. The lowest BCUT2D eigenvalue weighted by atomic mass is 10.1. The van der Waals surface area contributed by atoms with Crippen molar-refractivity contribution in [2.45, 2.75) is 40.3 Å². The van der Waals surface area contributed by atoms with Crippen LogP contribution in [-0.2, 0) is 11.3 Å². The molecule has 0 fully saturated rings. The van der Waals surface area contributed by atoms with Gasteiger partial charge in [-0.2, -0.15) is 0 Å².